The number of rotatable bonds is 11. The average Bonchev–Trinajstić information content (AvgIpc) is 3.47. The minimum atomic E-state index is -0.522. The maximum Gasteiger partial charge on any atom is 0.354 e. The molecule has 0 amide bonds. The van der Waals surface area contributed by atoms with E-state index in [0.29, 0.717) is 22.8 Å². The van der Waals surface area contributed by atoms with Crippen molar-refractivity contribution in [3.8, 4) is 11.8 Å². The van der Waals surface area contributed by atoms with Crippen LogP contribution in [0.5, 0.6) is 5.75 Å². The van der Waals surface area contributed by atoms with Crippen LogP contribution in [0.3, 0.4) is 0 Å². The van der Waals surface area contributed by atoms with Crippen LogP contribution in [0, 0.1) is 11.3 Å². The summed E-state index contributed by atoms with van der Waals surface area (Å²) in [5.74, 6) is 1.73. The number of thioether (sulfide) groups is 2. The molecule has 41 heavy (non-hydrogen) atoms. The molecule has 9 nitrogen and oxygen atoms in total. The zero-order valence-corrected chi connectivity index (χ0v) is 25.3. The summed E-state index contributed by atoms with van der Waals surface area (Å²) >= 11 is 3.32. The van der Waals surface area contributed by atoms with E-state index in [1.54, 1.807) is 53.3 Å². The second-order valence-corrected chi connectivity index (χ2v) is 11.5. The second-order valence-electron chi connectivity index (χ2n) is 9.42. The van der Waals surface area contributed by atoms with E-state index in [2.05, 4.69) is 35.0 Å². The fourth-order valence-electron chi connectivity index (χ4n) is 4.29. The zero-order valence-electron chi connectivity index (χ0n) is 23.7. The van der Waals surface area contributed by atoms with Gasteiger partial charge in [0.15, 0.2) is 0 Å². The van der Waals surface area contributed by atoms with Gasteiger partial charge in [0.25, 0.3) is 0 Å². The summed E-state index contributed by atoms with van der Waals surface area (Å²) in [7, 11) is 6.71. The standard InChI is InChI=1S/C30H32N6O3S2/c1-19(34(3)20(2)30(38)39-6)11-26-27(33-36(5)28(26)15-31)18-40-16-22-13-23(35(4)32-22)17-41-24-12-21-9-7-8-10-25(21)29(37)14-24/h7-14,37H,2,16-18H2,1,3-6H3/b19-11-. The first kappa shape index (κ1) is 29.8. The molecule has 1 N–H and O–H groups in total. The van der Waals surface area contributed by atoms with Gasteiger partial charge in [-0.1, -0.05) is 30.8 Å². The zero-order chi connectivity index (χ0) is 29.7. The first-order chi connectivity index (χ1) is 19.6. The number of carbonyl (C=O) groups is 1. The van der Waals surface area contributed by atoms with Crippen molar-refractivity contribution in [1.29, 1.82) is 5.26 Å². The van der Waals surface area contributed by atoms with E-state index in [1.807, 2.05) is 49.0 Å². The highest BCUT2D eigenvalue weighted by atomic mass is 32.2. The Morgan fingerprint density at radius 1 is 1.17 bits per heavy atom. The Hall–Kier alpha value is -4.14. The van der Waals surface area contributed by atoms with Crippen LogP contribution < -0.4 is 0 Å². The molecule has 2 heterocycles. The fourth-order valence-corrected chi connectivity index (χ4v) is 6.14. The van der Waals surface area contributed by atoms with Crippen molar-refractivity contribution in [2.45, 2.75) is 29.1 Å². The molecule has 0 fully saturated rings. The number of nitrogens with zero attached hydrogens (tertiary/aromatic N) is 6. The molecule has 2 aromatic carbocycles. The molecule has 0 unspecified atom stereocenters. The van der Waals surface area contributed by atoms with E-state index < -0.39 is 5.97 Å². The number of esters is 1. The number of nitriles is 1. The van der Waals surface area contributed by atoms with Gasteiger partial charge in [-0.15, -0.1) is 23.5 Å². The largest absolute Gasteiger partial charge is 0.507 e. The molecule has 0 saturated heterocycles. The number of aryl methyl sites for hydroxylation is 2. The summed E-state index contributed by atoms with van der Waals surface area (Å²) in [5, 5.41) is 31.3. The van der Waals surface area contributed by atoms with Gasteiger partial charge in [0.2, 0.25) is 0 Å². The lowest BCUT2D eigenvalue weighted by Crippen LogP contribution is -2.22. The van der Waals surface area contributed by atoms with Crippen molar-refractivity contribution in [2.75, 3.05) is 14.2 Å². The number of phenolic OH excluding ortho intramolecular Hbond substituents is 1. The number of benzene rings is 2. The summed E-state index contributed by atoms with van der Waals surface area (Å²) in [5.41, 5.74) is 4.87. The number of phenols is 1. The molecule has 4 aromatic rings. The van der Waals surface area contributed by atoms with Crippen molar-refractivity contribution < 1.29 is 14.6 Å². The summed E-state index contributed by atoms with van der Waals surface area (Å²) in [6.07, 6.45) is 1.84. The molecular formula is C30H32N6O3S2. The molecule has 11 heteroatoms. The predicted molar refractivity (Wildman–Crippen MR) is 164 cm³/mol. The molecule has 0 aliphatic rings. The molecular weight excluding hydrogens is 557 g/mol. The number of hydrogen-bond donors (Lipinski definition) is 1. The number of ether oxygens (including phenoxy) is 1. The Bertz CT molecular complexity index is 1680. The second kappa shape index (κ2) is 13.0. The molecule has 0 bridgehead atoms. The molecule has 2 aromatic heterocycles. The van der Waals surface area contributed by atoms with Crippen molar-refractivity contribution in [3.05, 3.63) is 88.8 Å². The van der Waals surface area contributed by atoms with Gasteiger partial charge in [-0.2, -0.15) is 15.5 Å². The Kier molecular flexibility index (Phi) is 9.47. The van der Waals surface area contributed by atoms with Crippen molar-refractivity contribution in [2.24, 2.45) is 14.1 Å². The van der Waals surface area contributed by atoms with Gasteiger partial charge in [-0.3, -0.25) is 9.36 Å². The topological polar surface area (TPSA) is 109 Å². The molecule has 0 atom stereocenters. The fraction of sp³-hybridized carbons (Fsp3) is 0.267. The number of fused-ring (bicyclic) bond motifs is 1. The number of allylic oxidation sites excluding steroid dienone is 1. The van der Waals surface area contributed by atoms with Gasteiger partial charge in [0, 0.05) is 65.6 Å². The van der Waals surface area contributed by atoms with E-state index in [-0.39, 0.29) is 11.4 Å². The molecule has 0 spiro atoms. The SMILES string of the molecule is C=C(C(=O)OC)N(C)/C(C)=C\c1c(CSCc2cc(CSc3cc(O)c4ccccc4c3)n(C)n2)nn(C)c1C#N. The summed E-state index contributed by atoms with van der Waals surface area (Å²) in [6.45, 7) is 5.63. The predicted octanol–water partition coefficient (Wildman–Crippen LogP) is 5.59. The van der Waals surface area contributed by atoms with Crippen LogP contribution in [0.25, 0.3) is 16.8 Å². The summed E-state index contributed by atoms with van der Waals surface area (Å²) < 4.78 is 8.23. The number of hydrogen-bond acceptors (Lipinski definition) is 9. The Labute approximate surface area is 248 Å². The van der Waals surface area contributed by atoms with Crippen LogP contribution >= 0.6 is 23.5 Å². The smallest absolute Gasteiger partial charge is 0.354 e. The lowest BCUT2D eigenvalue weighted by molar-refractivity contribution is -0.137. The highest BCUT2D eigenvalue weighted by Crippen LogP contribution is 2.33. The van der Waals surface area contributed by atoms with Crippen molar-refractivity contribution >= 4 is 46.3 Å². The number of likely N-dealkylation sites (N-methyl/N-ethyl adjacent to an activating group) is 1. The highest BCUT2D eigenvalue weighted by molar-refractivity contribution is 7.98. The Balaban J connectivity index is 1.42. The summed E-state index contributed by atoms with van der Waals surface area (Å²) in [4.78, 5) is 14.5. The van der Waals surface area contributed by atoms with E-state index in [1.165, 1.54) is 7.11 Å². The molecule has 4 rings (SSSR count). The van der Waals surface area contributed by atoms with Crippen molar-refractivity contribution in [1.82, 2.24) is 24.5 Å². The third kappa shape index (κ3) is 6.78. The average molecular weight is 589 g/mol. The summed E-state index contributed by atoms with van der Waals surface area (Å²) in [6, 6.07) is 16.0. The monoisotopic (exact) mass is 588 g/mol. The lowest BCUT2D eigenvalue weighted by Gasteiger charge is -2.20. The van der Waals surface area contributed by atoms with Gasteiger partial charge in [0.1, 0.15) is 23.2 Å². The van der Waals surface area contributed by atoms with E-state index in [9.17, 15) is 15.2 Å². The van der Waals surface area contributed by atoms with E-state index >= 15 is 0 Å². The van der Waals surface area contributed by atoms with E-state index in [4.69, 9.17) is 4.74 Å². The number of aromatic nitrogens is 4. The van der Waals surface area contributed by atoms with Crippen LogP contribution in [-0.2, 0) is 40.9 Å². The van der Waals surface area contributed by atoms with Gasteiger partial charge >= 0.3 is 5.97 Å². The van der Waals surface area contributed by atoms with Crippen LogP contribution in [0.15, 0.2) is 65.3 Å². The van der Waals surface area contributed by atoms with Crippen molar-refractivity contribution in [3.63, 3.8) is 0 Å². The minimum absolute atomic E-state index is 0.195. The van der Waals surface area contributed by atoms with Gasteiger partial charge in [0.05, 0.1) is 18.5 Å². The first-order valence-electron chi connectivity index (χ1n) is 12.7. The Morgan fingerprint density at radius 2 is 1.93 bits per heavy atom. The van der Waals surface area contributed by atoms with Gasteiger partial charge in [-0.05, 0) is 36.6 Å². The Morgan fingerprint density at radius 3 is 2.66 bits per heavy atom. The number of methoxy groups -OCH3 is 1. The minimum Gasteiger partial charge on any atom is -0.507 e. The normalized spacial score (nSPS) is 11.5. The first-order valence-corrected chi connectivity index (χ1v) is 14.9. The van der Waals surface area contributed by atoms with Crippen LogP contribution in [0.4, 0.5) is 0 Å². The maximum atomic E-state index is 11.9. The third-order valence-electron chi connectivity index (χ3n) is 6.69. The quantitative estimate of drug-likeness (QED) is 0.136. The molecule has 0 aliphatic heterocycles. The molecule has 212 valence electrons. The number of carbonyl (C=O) groups excluding carboxylic acids is 1. The lowest BCUT2D eigenvalue weighted by atomic mass is 10.1. The van der Waals surface area contributed by atoms with Crippen LogP contribution in [0.2, 0.25) is 0 Å². The molecule has 0 saturated carbocycles. The highest BCUT2D eigenvalue weighted by Gasteiger charge is 2.18. The van der Waals surface area contributed by atoms with Gasteiger partial charge in [-0.25, -0.2) is 4.79 Å². The van der Waals surface area contributed by atoms with Crippen LogP contribution in [-0.4, -0.2) is 49.7 Å². The maximum absolute atomic E-state index is 11.9. The molecule has 0 radical (unpaired) electrons. The number of aromatic hydroxyl groups is 1. The van der Waals surface area contributed by atoms with Crippen LogP contribution in [0.1, 0.15) is 35.3 Å². The third-order valence-corrected chi connectivity index (χ3v) is 8.68. The van der Waals surface area contributed by atoms with E-state index in [0.717, 1.165) is 44.2 Å². The van der Waals surface area contributed by atoms with Gasteiger partial charge < -0.3 is 14.7 Å². The molecule has 0 aliphatic carbocycles.